The minimum atomic E-state index is 0.716. The van der Waals surface area contributed by atoms with Crippen molar-refractivity contribution in [2.45, 2.75) is 65.0 Å². The molecule has 86 valence electrons. The summed E-state index contributed by atoms with van der Waals surface area (Å²) in [5.41, 5.74) is 0. The number of nitrogens with one attached hydrogen (secondary N) is 1. The lowest BCUT2D eigenvalue weighted by atomic mass is 10.1. The van der Waals surface area contributed by atoms with Gasteiger partial charge in [0.15, 0.2) is 0 Å². The fourth-order valence-corrected chi connectivity index (χ4v) is 2.56. The maximum absolute atomic E-state index is 3.79. The molecule has 0 fully saturated rings. The number of hydrogen-bond donors (Lipinski definition) is 1. The van der Waals surface area contributed by atoms with Gasteiger partial charge in [0.1, 0.15) is 0 Å². The van der Waals surface area contributed by atoms with Crippen molar-refractivity contribution >= 4 is 11.8 Å². The molecular formula is C12H27NS. The van der Waals surface area contributed by atoms with Crippen LogP contribution in [0.5, 0.6) is 0 Å². The Morgan fingerprint density at radius 2 is 1.57 bits per heavy atom. The van der Waals surface area contributed by atoms with Crippen molar-refractivity contribution in [3.8, 4) is 0 Å². The molecule has 0 saturated carbocycles. The molecule has 0 radical (unpaired) electrons. The van der Waals surface area contributed by atoms with Crippen molar-refractivity contribution < 1.29 is 0 Å². The number of rotatable bonds is 9. The van der Waals surface area contributed by atoms with Gasteiger partial charge in [-0.05, 0) is 25.5 Å². The van der Waals surface area contributed by atoms with E-state index in [4.69, 9.17) is 0 Å². The summed E-state index contributed by atoms with van der Waals surface area (Å²) < 4.78 is 0. The zero-order valence-electron chi connectivity index (χ0n) is 10.3. The molecule has 1 N–H and O–H groups in total. The van der Waals surface area contributed by atoms with Crippen molar-refractivity contribution in [2.75, 3.05) is 12.0 Å². The van der Waals surface area contributed by atoms with Crippen LogP contribution in [0.25, 0.3) is 0 Å². The fourth-order valence-electron chi connectivity index (χ4n) is 1.83. The van der Waals surface area contributed by atoms with E-state index in [1.807, 2.05) is 11.8 Å². The molecule has 0 aliphatic rings. The highest BCUT2D eigenvalue weighted by molar-refractivity contribution is 7.98. The van der Waals surface area contributed by atoms with E-state index in [2.05, 4.69) is 32.3 Å². The van der Waals surface area contributed by atoms with Crippen LogP contribution in [0.4, 0.5) is 0 Å². The van der Waals surface area contributed by atoms with Gasteiger partial charge in [-0.15, -0.1) is 0 Å². The van der Waals surface area contributed by atoms with Crippen LogP contribution < -0.4 is 5.32 Å². The molecule has 0 saturated heterocycles. The van der Waals surface area contributed by atoms with E-state index in [1.54, 1.807) is 0 Å². The van der Waals surface area contributed by atoms with Crippen LogP contribution in [0.15, 0.2) is 0 Å². The summed E-state index contributed by atoms with van der Waals surface area (Å²) in [4.78, 5) is 0. The molecule has 0 aliphatic carbocycles. The Labute approximate surface area is 94.4 Å². The van der Waals surface area contributed by atoms with Crippen LogP contribution in [0.2, 0.25) is 0 Å². The highest BCUT2D eigenvalue weighted by Crippen LogP contribution is 2.09. The maximum Gasteiger partial charge on any atom is 0.0158 e. The van der Waals surface area contributed by atoms with E-state index in [9.17, 15) is 0 Å². The summed E-state index contributed by atoms with van der Waals surface area (Å²) in [5.74, 6) is 1.25. The monoisotopic (exact) mass is 217 g/mol. The average molecular weight is 217 g/mol. The van der Waals surface area contributed by atoms with Gasteiger partial charge in [-0.3, -0.25) is 0 Å². The third-order valence-electron chi connectivity index (χ3n) is 2.61. The second kappa shape index (κ2) is 9.85. The zero-order valence-corrected chi connectivity index (χ0v) is 11.1. The first-order valence-corrected chi connectivity index (χ1v) is 7.42. The molecule has 0 spiro atoms. The van der Waals surface area contributed by atoms with Gasteiger partial charge in [-0.1, -0.05) is 33.6 Å². The molecule has 0 heterocycles. The number of hydrogen-bond acceptors (Lipinski definition) is 2. The first-order valence-electron chi connectivity index (χ1n) is 6.03. The van der Waals surface area contributed by atoms with Crippen molar-refractivity contribution in [3.05, 3.63) is 0 Å². The van der Waals surface area contributed by atoms with E-state index in [-0.39, 0.29) is 0 Å². The molecular weight excluding hydrogens is 190 g/mol. The van der Waals surface area contributed by atoms with Crippen molar-refractivity contribution in [1.29, 1.82) is 0 Å². The largest absolute Gasteiger partial charge is 0.310 e. The van der Waals surface area contributed by atoms with Crippen LogP contribution in [0, 0.1) is 0 Å². The van der Waals surface area contributed by atoms with Gasteiger partial charge < -0.3 is 5.32 Å². The van der Waals surface area contributed by atoms with Crippen LogP contribution in [0.1, 0.15) is 52.9 Å². The van der Waals surface area contributed by atoms with E-state index in [0.717, 1.165) is 6.04 Å². The minimum Gasteiger partial charge on any atom is -0.310 e. The van der Waals surface area contributed by atoms with Crippen LogP contribution in [-0.2, 0) is 0 Å². The summed E-state index contributed by atoms with van der Waals surface area (Å²) in [5, 5.41) is 3.79. The van der Waals surface area contributed by atoms with Gasteiger partial charge in [0.2, 0.25) is 0 Å². The second-order valence-corrected chi connectivity index (χ2v) is 4.91. The molecule has 0 rings (SSSR count). The highest BCUT2D eigenvalue weighted by atomic mass is 32.2. The Balaban J connectivity index is 3.83. The average Bonchev–Trinajstić information content (AvgIpc) is 2.18. The standard InChI is InChI=1S/C12H27NS/c1-5-8-12(9-6-2)13-11(7-3)10-14-4/h11-13H,5-10H2,1-4H3. The lowest BCUT2D eigenvalue weighted by Gasteiger charge is -2.24. The molecule has 0 aromatic heterocycles. The Morgan fingerprint density at radius 3 is 1.93 bits per heavy atom. The lowest BCUT2D eigenvalue weighted by Crippen LogP contribution is -2.39. The van der Waals surface area contributed by atoms with Crippen LogP contribution in [-0.4, -0.2) is 24.1 Å². The molecule has 0 aromatic rings. The molecule has 0 aliphatic heterocycles. The second-order valence-electron chi connectivity index (χ2n) is 4.00. The maximum atomic E-state index is 3.79. The van der Waals surface area contributed by atoms with Crippen LogP contribution >= 0.6 is 11.8 Å². The van der Waals surface area contributed by atoms with Gasteiger partial charge in [0.25, 0.3) is 0 Å². The van der Waals surface area contributed by atoms with E-state index < -0.39 is 0 Å². The molecule has 2 heteroatoms. The first kappa shape index (κ1) is 14.3. The van der Waals surface area contributed by atoms with Crippen LogP contribution in [0.3, 0.4) is 0 Å². The quantitative estimate of drug-likeness (QED) is 0.632. The smallest absolute Gasteiger partial charge is 0.0158 e. The Hall–Kier alpha value is 0.310. The summed E-state index contributed by atoms with van der Waals surface area (Å²) in [6, 6.07) is 1.47. The minimum absolute atomic E-state index is 0.716. The van der Waals surface area contributed by atoms with Gasteiger partial charge in [0, 0.05) is 17.8 Å². The Bertz CT molecular complexity index is 111. The van der Waals surface area contributed by atoms with E-state index in [0.29, 0.717) is 6.04 Å². The van der Waals surface area contributed by atoms with Gasteiger partial charge in [-0.2, -0.15) is 11.8 Å². The third-order valence-corrected chi connectivity index (χ3v) is 3.34. The Kier molecular flexibility index (Phi) is 10.1. The van der Waals surface area contributed by atoms with Crippen molar-refractivity contribution in [2.24, 2.45) is 0 Å². The molecule has 1 unspecified atom stereocenters. The van der Waals surface area contributed by atoms with E-state index in [1.165, 1.54) is 37.9 Å². The van der Waals surface area contributed by atoms with Crippen molar-refractivity contribution in [3.63, 3.8) is 0 Å². The van der Waals surface area contributed by atoms with Gasteiger partial charge in [-0.25, -0.2) is 0 Å². The predicted molar refractivity (Wildman–Crippen MR) is 69.2 cm³/mol. The molecule has 0 amide bonds. The SMILES string of the molecule is CCCC(CCC)NC(CC)CSC. The Morgan fingerprint density at radius 1 is 1.00 bits per heavy atom. The summed E-state index contributed by atoms with van der Waals surface area (Å²) >= 11 is 1.95. The first-order chi connectivity index (χ1) is 6.78. The highest BCUT2D eigenvalue weighted by Gasteiger charge is 2.11. The molecule has 1 nitrogen and oxygen atoms in total. The van der Waals surface area contributed by atoms with Crippen molar-refractivity contribution in [1.82, 2.24) is 5.32 Å². The molecule has 0 bridgehead atoms. The summed E-state index contributed by atoms with van der Waals surface area (Å²) in [6.45, 7) is 6.84. The lowest BCUT2D eigenvalue weighted by molar-refractivity contribution is 0.394. The van der Waals surface area contributed by atoms with Gasteiger partial charge >= 0.3 is 0 Å². The molecule has 1 atom stereocenters. The fraction of sp³-hybridized carbons (Fsp3) is 1.00. The topological polar surface area (TPSA) is 12.0 Å². The summed E-state index contributed by atoms with van der Waals surface area (Å²) in [6.07, 6.45) is 8.71. The number of thioether (sulfide) groups is 1. The normalized spacial score (nSPS) is 13.5. The van der Waals surface area contributed by atoms with E-state index >= 15 is 0 Å². The van der Waals surface area contributed by atoms with Gasteiger partial charge in [0.05, 0.1) is 0 Å². The molecule has 0 aromatic carbocycles. The third kappa shape index (κ3) is 6.72. The predicted octanol–water partition coefficient (Wildman–Crippen LogP) is 3.69. The summed E-state index contributed by atoms with van der Waals surface area (Å²) in [7, 11) is 0. The molecule has 14 heavy (non-hydrogen) atoms. The zero-order chi connectivity index (χ0) is 10.8.